The number of nitrogens with two attached hydrogens (primary N) is 1. The molecule has 0 aliphatic rings. The van der Waals surface area contributed by atoms with Crippen LogP contribution in [0.2, 0.25) is 0 Å². The number of anilines is 1. The van der Waals surface area contributed by atoms with Crippen molar-refractivity contribution in [3.63, 3.8) is 0 Å². The van der Waals surface area contributed by atoms with Gasteiger partial charge >= 0.3 is 6.18 Å². The standard InChI is InChI=1S/C14H14F3N3O/c1-20(7-6-14(15,16)17)13(21)12-8-10(18)9-4-2-3-5-11(9)19-12/h2-5,8H,6-7H2,1H3,(H2,18,19). The van der Waals surface area contributed by atoms with Crippen LogP contribution in [0.15, 0.2) is 30.3 Å². The average molecular weight is 297 g/mol. The number of amides is 1. The van der Waals surface area contributed by atoms with E-state index in [1.807, 2.05) is 0 Å². The molecule has 0 saturated heterocycles. The third-order valence-corrected chi connectivity index (χ3v) is 3.04. The van der Waals surface area contributed by atoms with E-state index in [1.165, 1.54) is 13.1 Å². The Hall–Kier alpha value is -2.31. The van der Waals surface area contributed by atoms with Gasteiger partial charge in [-0.3, -0.25) is 4.79 Å². The molecule has 0 unspecified atom stereocenters. The van der Waals surface area contributed by atoms with Crippen LogP contribution in [0.3, 0.4) is 0 Å². The summed E-state index contributed by atoms with van der Waals surface area (Å²) >= 11 is 0. The van der Waals surface area contributed by atoms with Crippen molar-refractivity contribution in [1.82, 2.24) is 9.88 Å². The molecule has 21 heavy (non-hydrogen) atoms. The van der Waals surface area contributed by atoms with E-state index in [9.17, 15) is 18.0 Å². The van der Waals surface area contributed by atoms with Crippen LogP contribution in [0.5, 0.6) is 0 Å². The Morgan fingerprint density at radius 1 is 1.33 bits per heavy atom. The lowest BCUT2D eigenvalue weighted by molar-refractivity contribution is -0.136. The third-order valence-electron chi connectivity index (χ3n) is 3.04. The number of hydrogen-bond donors (Lipinski definition) is 1. The number of fused-ring (bicyclic) bond motifs is 1. The largest absolute Gasteiger partial charge is 0.398 e. The third kappa shape index (κ3) is 3.62. The number of carbonyl (C=O) groups excluding carboxylic acids is 1. The summed E-state index contributed by atoms with van der Waals surface area (Å²) in [6, 6.07) is 8.37. The Morgan fingerprint density at radius 3 is 2.67 bits per heavy atom. The summed E-state index contributed by atoms with van der Waals surface area (Å²) in [4.78, 5) is 17.2. The van der Waals surface area contributed by atoms with Crippen molar-refractivity contribution in [1.29, 1.82) is 0 Å². The van der Waals surface area contributed by atoms with Crippen LogP contribution in [-0.2, 0) is 0 Å². The van der Waals surface area contributed by atoms with Gasteiger partial charge in [0.15, 0.2) is 0 Å². The molecule has 2 rings (SSSR count). The minimum absolute atomic E-state index is 0.0378. The van der Waals surface area contributed by atoms with E-state index < -0.39 is 25.0 Å². The molecule has 0 aliphatic heterocycles. The summed E-state index contributed by atoms with van der Waals surface area (Å²) in [6.07, 6.45) is -5.36. The molecular formula is C14H14F3N3O. The minimum Gasteiger partial charge on any atom is -0.398 e. The molecule has 1 aromatic heterocycles. The van der Waals surface area contributed by atoms with Crippen LogP contribution >= 0.6 is 0 Å². The lowest BCUT2D eigenvalue weighted by atomic mass is 10.1. The summed E-state index contributed by atoms with van der Waals surface area (Å²) in [7, 11) is 1.31. The van der Waals surface area contributed by atoms with Crippen LogP contribution in [0.4, 0.5) is 18.9 Å². The smallest absolute Gasteiger partial charge is 0.390 e. The summed E-state index contributed by atoms with van der Waals surface area (Å²) in [5, 5.41) is 0.701. The molecule has 1 heterocycles. The first kappa shape index (κ1) is 15.1. The number of alkyl halides is 3. The van der Waals surface area contributed by atoms with Gasteiger partial charge in [-0.2, -0.15) is 13.2 Å². The zero-order valence-corrected chi connectivity index (χ0v) is 11.3. The second-order valence-corrected chi connectivity index (χ2v) is 4.71. The van der Waals surface area contributed by atoms with Crippen LogP contribution in [0.25, 0.3) is 10.9 Å². The first-order valence-electron chi connectivity index (χ1n) is 6.25. The van der Waals surface area contributed by atoms with Gasteiger partial charge in [-0.15, -0.1) is 0 Å². The number of halogens is 3. The van der Waals surface area contributed by atoms with Gasteiger partial charge in [-0.1, -0.05) is 18.2 Å². The first-order valence-corrected chi connectivity index (χ1v) is 6.25. The number of hydrogen-bond acceptors (Lipinski definition) is 3. The molecule has 0 saturated carbocycles. The molecule has 0 fully saturated rings. The van der Waals surface area contributed by atoms with E-state index in [4.69, 9.17) is 5.73 Å². The Labute approximate surface area is 119 Å². The van der Waals surface area contributed by atoms with Gasteiger partial charge < -0.3 is 10.6 Å². The molecule has 0 radical (unpaired) electrons. The summed E-state index contributed by atoms with van der Waals surface area (Å²) in [5.41, 5.74) is 6.79. The highest BCUT2D eigenvalue weighted by atomic mass is 19.4. The van der Waals surface area contributed by atoms with Crippen LogP contribution in [0, 0.1) is 0 Å². The SMILES string of the molecule is CN(CCC(F)(F)F)C(=O)c1cc(N)c2ccccc2n1. The minimum atomic E-state index is -4.30. The Morgan fingerprint density at radius 2 is 2.00 bits per heavy atom. The van der Waals surface area contributed by atoms with Gasteiger partial charge in [0.05, 0.1) is 11.9 Å². The van der Waals surface area contributed by atoms with E-state index in [1.54, 1.807) is 24.3 Å². The first-order chi connectivity index (χ1) is 9.78. The summed E-state index contributed by atoms with van der Waals surface area (Å²) in [5.74, 6) is -0.586. The average Bonchev–Trinajstić information content (AvgIpc) is 2.43. The highest BCUT2D eigenvalue weighted by Gasteiger charge is 2.28. The molecule has 0 atom stereocenters. The van der Waals surface area contributed by atoms with Crippen molar-refractivity contribution < 1.29 is 18.0 Å². The number of pyridine rings is 1. The summed E-state index contributed by atoms with van der Waals surface area (Å²) in [6.45, 7) is -0.420. The van der Waals surface area contributed by atoms with E-state index in [-0.39, 0.29) is 5.69 Å². The molecule has 112 valence electrons. The number of carbonyl (C=O) groups is 1. The zero-order chi connectivity index (χ0) is 15.6. The normalized spacial score (nSPS) is 11.6. The van der Waals surface area contributed by atoms with Gasteiger partial charge in [0, 0.05) is 24.7 Å². The number of rotatable bonds is 3. The maximum absolute atomic E-state index is 12.2. The topological polar surface area (TPSA) is 59.2 Å². The molecule has 0 bridgehead atoms. The Bertz CT molecular complexity index is 670. The maximum Gasteiger partial charge on any atom is 0.390 e. The Kier molecular flexibility index (Phi) is 4.02. The maximum atomic E-state index is 12.2. The molecule has 4 nitrogen and oxygen atoms in total. The second-order valence-electron chi connectivity index (χ2n) is 4.71. The van der Waals surface area contributed by atoms with Crippen molar-refractivity contribution in [3.8, 4) is 0 Å². The highest BCUT2D eigenvalue weighted by molar-refractivity contribution is 5.99. The number of nitrogen functional groups attached to an aromatic ring is 1. The zero-order valence-electron chi connectivity index (χ0n) is 11.3. The van der Waals surface area contributed by atoms with Crippen LogP contribution in [0.1, 0.15) is 16.9 Å². The highest BCUT2D eigenvalue weighted by Crippen LogP contribution is 2.22. The van der Waals surface area contributed by atoms with E-state index in [0.29, 0.717) is 16.6 Å². The van der Waals surface area contributed by atoms with Crippen molar-refractivity contribution in [2.75, 3.05) is 19.3 Å². The lowest BCUT2D eigenvalue weighted by Crippen LogP contribution is -2.31. The van der Waals surface area contributed by atoms with Gasteiger partial charge in [-0.05, 0) is 12.1 Å². The fraction of sp³-hybridized carbons (Fsp3) is 0.286. The number of aromatic nitrogens is 1. The molecule has 1 amide bonds. The molecule has 1 aromatic carbocycles. The summed E-state index contributed by atoms with van der Waals surface area (Å²) < 4.78 is 36.5. The van der Waals surface area contributed by atoms with Gasteiger partial charge in [0.25, 0.3) is 5.91 Å². The fourth-order valence-electron chi connectivity index (χ4n) is 1.90. The quantitative estimate of drug-likeness (QED) is 0.947. The number of para-hydroxylation sites is 1. The number of benzene rings is 1. The lowest BCUT2D eigenvalue weighted by Gasteiger charge is -2.18. The molecule has 2 aromatic rings. The van der Waals surface area contributed by atoms with Gasteiger partial charge in [0.2, 0.25) is 0 Å². The fourth-order valence-corrected chi connectivity index (χ4v) is 1.90. The molecule has 0 spiro atoms. The van der Waals surface area contributed by atoms with E-state index in [0.717, 1.165) is 4.90 Å². The van der Waals surface area contributed by atoms with Crippen molar-refractivity contribution in [2.24, 2.45) is 0 Å². The van der Waals surface area contributed by atoms with E-state index in [2.05, 4.69) is 4.98 Å². The monoisotopic (exact) mass is 297 g/mol. The van der Waals surface area contributed by atoms with Crippen molar-refractivity contribution in [2.45, 2.75) is 12.6 Å². The van der Waals surface area contributed by atoms with Crippen LogP contribution in [-0.4, -0.2) is 35.6 Å². The van der Waals surface area contributed by atoms with Crippen molar-refractivity contribution in [3.05, 3.63) is 36.0 Å². The molecule has 7 heteroatoms. The molecule has 0 aliphatic carbocycles. The molecular weight excluding hydrogens is 283 g/mol. The van der Waals surface area contributed by atoms with E-state index >= 15 is 0 Å². The van der Waals surface area contributed by atoms with Crippen molar-refractivity contribution >= 4 is 22.5 Å². The van der Waals surface area contributed by atoms with Gasteiger partial charge in [-0.25, -0.2) is 4.98 Å². The number of nitrogens with zero attached hydrogens (tertiary/aromatic N) is 2. The molecule has 2 N–H and O–H groups in total. The Balaban J connectivity index is 2.23. The second kappa shape index (κ2) is 5.59. The predicted molar refractivity (Wildman–Crippen MR) is 73.8 cm³/mol. The van der Waals surface area contributed by atoms with Gasteiger partial charge in [0.1, 0.15) is 5.69 Å². The van der Waals surface area contributed by atoms with Crippen LogP contribution < -0.4 is 5.73 Å². The predicted octanol–water partition coefficient (Wildman–Crippen LogP) is 2.84.